The van der Waals surface area contributed by atoms with E-state index in [4.69, 9.17) is 5.73 Å². The molecule has 0 bridgehead atoms. The average Bonchev–Trinajstić information content (AvgIpc) is 2.04. The molecule has 0 heterocycles. The molecule has 0 radical (unpaired) electrons. The van der Waals surface area contributed by atoms with E-state index in [2.05, 4.69) is 15.9 Å². The second-order valence-electron chi connectivity index (χ2n) is 2.60. The number of ketones is 1. The molecule has 0 aliphatic carbocycles. The van der Waals surface area contributed by atoms with Crippen LogP contribution in [0.1, 0.15) is 16.8 Å². The Morgan fingerprint density at radius 3 is 2.77 bits per heavy atom. The molecule has 3 N–H and O–H groups in total. The van der Waals surface area contributed by atoms with Crippen molar-refractivity contribution in [1.29, 1.82) is 0 Å². The van der Waals surface area contributed by atoms with Crippen molar-refractivity contribution >= 4 is 27.4 Å². The van der Waals surface area contributed by atoms with E-state index in [-0.39, 0.29) is 17.1 Å². The van der Waals surface area contributed by atoms with Crippen LogP contribution in [-0.2, 0) is 0 Å². The quantitative estimate of drug-likeness (QED) is 0.485. The van der Waals surface area contributed by atoms with Crippen LogP contribution in [0.3, 0.4) is 0 Å². The van der Waals surface area contributed by atoms with Gasteiger partial charge in [-0.15, -0.1) is 0 Å². The van der Waals surface area contributed by atoms with E-state index in [0.29, 0.717) is 17.4 Å². The first-order valence-electron chi connectivity index (χ1n) is 3.83. The van der Waals surface area contributed by atoms with E-state index >= 15 is 0 Å². The number of benzene rings is 1. The molecule has 0 atom stereocenters. The summed E-state index contributed by atoms with van der Waals surface area (Å²) in [5.74, 6) is -0.196. The van der Waals surface area contributed by atoms with E-state index in [0.717, 1.165) is 0 Å². The predicted molar refractivity (Wildman–Crippen MR) is 55.3 cm³/mol. The van der Waals surface area contributed by atoms with Crippen LogP contribution in [0.4, 0.5) is 5.69 Å². The van der Waals surface area contributed by atoms with Crippen molar-refractivity contribution in [2.24, 2.45) is 0 Å². The number of nitrogens with two attached hydrogens (primary N) is 1. The van der Waals surface area contributed by atoms with Gasteiger partial charge < -0.3 is 10.8 Å². The Bertz CT molecular complexity index is 305. The lowest BCUT2D eigenvalue weighted by atomic mass is 10.1. The number of anilines is 1. The van der Waals surface area contributed by atoms with Gasteiger partial charge in [-0.1, -0.05) is 22.0 Å². The third kappa shape index (κ3) is 2.21. The number of halogens is 1. The van der Waals surface area contributed by atoms with Crippen molar-refractivity contribution in [3.8, 4) is 5.75 Å². The largest absolute Gasteiger partial charge is 0.507 e. The van der Waals surface area contributed by atoms with Crippen molar-refractivity contribution in [1.82, 2.24) is 0 Å². The highest BCUT2D eigenvalue weighted by Crippen LogP contribution is 2.24. The Labute approximate surface area is 84.7 Å². The van der Waals surface area contributed by atoms with Crippen molar-refractivity contribution in [2.75, 3.05) is 11.1 Å². The van der Waals surface area contributed by atoms with Gasteiger partial charge in [0.1, 0.15) is 5.75 Å². The van der Waals surface area contributed by atoms with Gasteiger partial charge in [0.25, 0.3) is 0 Å². The Hall–Kier alpha value is -1.03. The Balaban J connectivity index is 3.05. The number of nitrogen functional groups attached to an aromatic ring is 1. The van der Waals surface area contributed by atoms with Crippen LogP contribution < -0.4 is 5.73 Å². The number of hydrogen-bond donors (Lipinski definition) is 2. The number of phenolic OH excluding ortho intramolecular Hbond substituents is 1. The van der Waals surface area contributed by atoms with Gasteiger partial charge in [0.05, 0.1) is 5.56 Å². The van der Waals surface area contributed by atoms with Gasteiger partial charge in [0, 0.05) is 17.4 Å². The molecule has 0 aromatic heterocycles. The Kier molecular flexibility index (Phi) is 3.31. The number of phenols is 1. The van der Waals surface area contributed by atoms with E-state index in [9.17, 15) is 9.90 Å². The minimum absolute atomic E-state index is 0.0500. The molecule has 0 spiro atoms. The number of Topliss-reactive ketones (excluding diaryl/α,β-unsaturated/α-hetero) is 1. The molecule has 0 saturated heterocycles. The minimum atomic E-state index is -0.146. The van der Waals surface area contributed by atoms with Crippen LogP contribution in [0.5, 0.6) is 5.75 Å². The van der Waals surface area contributed by atoms with Gasteiger partial charge in [-0.3, -0.25) is 4.79 Å². The van der Waals surface area contributed by atoms with Crippen molar-refractivity contribution in [3.05, 3.63) is 23.8 Å². The maximum atomic E-state index is 11.4. The predicted octanol–water partition coefficient (Wildman–Crippen LogP) is 1.94. The van der Waals surface area contributed by atoms with Gasteiger partial charge in [-0.25, -0.2) is 0 Å². The van der Waals surface area contributed by atoms with Gasteiger partial charge in [-0.2, -0.15) is 0 Å². The molecule has 0 unspecified atom stereocenters. The zero-order chi connectivity index (χ0) is 9.84. The molecule has 4 heteroatoms. The van der Waals surface area contributed by atoms with Crippen LogP contribution in [0, 0.1) is 0 Å². The van der Waals surface area contributed by atoms with E-state index in [1.54, 1.807) is 12.1 Å². The smallest absolute Gasteiger partial charge is 0.169 e. The second kappa shape index (κ2) is 4.28. The summed E-state index contributed by atoms with van der Waals surface area (Å²) in [6.07, 6.45) is 0.335. The zero-order valence-corrected chi connectivity index (χ0v) is 8.54. The molecule has 1 aromatic rings. The molecule has 13 heavy (non-hydrogen) atoms. The number of rotatable bonds is 3. The molecule has 0 fully saturated rings. The number of carbonyl (C=O) groups is 1. The normalized spacial score (nSPS) is 9.92. The van der Waals surface area contributed by atoms with Gasteiger partial charge in [-0.05, 0) is 12.1 Å². The summed E-state index contributed by atoms with van der Waals surface area (Å²) in [4.78, 5) is 11.4. The third-order valence-electron chi connectivity index (χ3n) is 1.68. The molecule has 0 aliphatic heterocycles. The maximum Gasteiger partial charge on any atom is 0.169 e. The van der Waals surface area contributed by atoms with Gasteiger partial charge >= 0.3 is 0 Å². The van der Waals surface area contributed by atoms with Crippen LogP contribution in [-0.4, -0.2) is 16.2 Å². The first kappa shape index (κ1) is 10.1. The summed E-state index contributed by atoms with van der Waals surface area (Å²) in [6, 6.07) is 4.66. The van der Waals surface area contributed by atoms with Crippen LogP contribution in [0.15, 0.2) is 18.2 Å². The monoisotopic (exact) mass is 243 g/mol. The molecule has 0 aliphatic rings. The fourth-order valence-electron chi connectivity index (χ4n) is 1.07. The summed E-state index contributed by atoms with van der Waals surface area (Å²) in [5, 5.41) is 9.94. The molecule has 0 amide bonds. The number of alkyl halides is 1. The van der Waals surface area contributed by atoms with E-state index < -0.39 is 0 Å². The first-order chi connectivity index (χ1) is 6.16. The molecule has 0 saturated carbocycles. The zero-order valence-electron chi connectivity index (χ0n) is 6.96. The highest BCUT2D eigenvalue weighted by Gasteiger charge is 2.13. The summed E-state index contributed by atoms with van der Waals surface area (Å²) >= 11 is 3.15. The van der Waals surface area contributed by atoms with Crippen LogP contribution in [0.25, 0.3) is 0 Å². The molecular formula is C9H10BrNO2. The lowest BCUT2D eigenvalue weighted by molar-refractivity contribution is 0.0988. The summed E-state index contributed by atoms with van der Waals surface area (Å²) in [7, 11) is 0. The first-order valence-corrected chi connectivity index (χ1v) is 4.95. The fraction of sp³-hybridized carbons (Fsp3) is 0.222. The van der Waals surface area contributed by atoms with Crippen LogP contribution in [0.2, 0.25) is 0 Å². The third-order valence-corrected chi connectivity index (χ3v) is 2.07. The van der Waals surface area contributed by atoms with Crippen molar-refractivity contribution < 1.29 is 9.90 Å². The molecular weight excluding hydrogens is 234 g/mol. The van der Waals surface area contributed by atoms with Crippen molar-refractivity contribution in [3.63, 3.8) is 0 Å². The molecule has 1 rings (SSSR count). The highest BCUT2D eigenvalue weighted by molar-refractivity contribution is 9.09. The average molecular weight is 244 g/mol. The SMILES string of the molecule is Nc1cccc(O)c1C(=O)CCBr. The minimum Gasteiger partial charge on any atom is -0.507 e. The number of hydrogen-bond acceptors (Lipinski definition) is 3. The number of aromatic hydroxyl groups is 1. The van der Waals surface area contributed by atoms with E-state index in [1.807, 2.05) is 0 Å². The molecule has 70 valence electrons. The maximum absolute atomic E-state index is 11.4. The molecule has 3 nitrogen and oxygen atoms in total. The van der Waals surface area contributed by atoms with Crippen molar-refractivity contribution in [2.45, 2.75) is 6.42 Å². The summed E-state index contributed by atoms with van der Waals surface area (Å²) in [5.41, 5.74) is 6.11. The Morgan fingerprint density at radius 2 is 2.23 bits per heavy atom. The topological polar surface area (TPSA) is 63.3 Å². The second-order valence-corrected chi connectivity index (χ2v) is 3.40. The summed E-state index contributed by atoms with van der Waals surface area (Å²) < 4.78 is 0. The van der Waals surface area contributed by atoms with Crippen LogP contribution >= 0.6 is 15.9 Å². The van der Waals surface area contributed by atoms with Gasteiger partial charge in [0.15, 0.2) is 5.78 Å². The summed E-state index contributed by atoms with van der Waals surface area (Å²) in [6.45, 7) is 0. The molecule has 1 aromatic carbocycles. The fourth-order valence-corrected chi connectivity index (χ4v) is 1.43. The number of carbonyl (C=O) groups excluding carboxylic acids is 1. The van der Waals surface area contributed by atoms with E-state index in [1.165, 1.54) is 6.07 Å². The highest BCUT2D eigenvalue weighted by atomic mass is 79.9. The Morgan fingerprint density at radius 1 is 1.54 bits per heavy atom. The lowest BCUT2D eigenvalue weighted by Crippen LogP contribution is -2.04. The standard InChI is InChI=1S/C9H10BrNO2/c10-5-4-8(13)9-6(11)2-1-3-7(9)12/h1-3,12H,4-5,11H2. The van der Waals surface area contributed by atoms with Gasteiger partial charge in [0.2, 0.25) is 0 Å². The lowest BCUT2D eigenvalue weighted by Gasteiger charge is -2.05.